The molecule has 158 valence electrons. The molecule has 0 bridgehead atoms. The second kappa shape index (κ2) is 8.19. The van der Waals surface area contributed by atoms with Gasteiger partial charge in [0.2, 0.25) is 5.95 Å². The van der Waals surface area contributed by atoms with Crippen LogP contribution in [-0.2, 0) is 4.74 Å². The quantitative estimate of drug-likeness (QED) is 0.629. The zero-order valence-electron chi connectivity index (χ0n) is 17.9. The molecule has 0 radical (unpaired) electrons. The first-order valence-corrected chi connectivity index (χ1v) is 10.2. The molecular formula is C23H24N6O2. The fraction of sp³-hybridized carbons (Fsp3) is 0.348. The van der Waals surface area contributed by atoms with Gasteiger partial charge in [0, 0.05) is 49.4 Å². The highest BCUT2D eigenvalue weighted by atomic mass is 16.6. The van der Waals surface area contributed by atoms with Gasteiger partial charge in [-0.25, -0.2) is 14.8 Å². The zero-order valence-corrected chi connectivity index (χ0v) is 17.9. The average molecular weight is 416 g/mol. The van der Waals surface area contributed by atoms with Gasteiger partial charge < -0.3 is 14.5 Å². The van der Waals surface area contributed by atoms with Crippen molar-refractivity contribution in [1.82, 2.24) is 19.9 Å². The second-order valence-corrected chi connectivity index (χ2v) is 8.42. The molecule has 1 amide bonds. The summed E-state index contributed by atoms with van der Waals surface area (Å²) in [4.78, 5) is 29.6. The first-order valence-electron chi connectivity index (χ1n) is 10.2. The van der Waals surface area contributed by atoms with Gasteiger partial charge in [0.15, 0.2) is 0 Å². The molecule has 0 aliphatic carbocycles. The fourth-order valence-electron chi connectivity index (χ4n) is 3.41. The second-order valence-electron chi connectivity index (χ2n) is 8.42. The van der Waals surface area contributed by atoms with Crippen LogP contribution in [0.4, 0.5) is 10.7 Å². The maximum atomic E-state index is 12.3. The van der Waals surface area contributed by atoms with Crippen LogP contribution in [0.25, 0.3) is 22.2 Å². The van der Waals surface area contributed by atoms with Crippen molar-refractivity contribution in [2.45, 2.75) is 26.4 Å². The molecule has 3 aromatic rings. The van der Waals surface area contributed by atoms with E-state index >= 15 is 0 Å². The van der Waals surface area contributed by atoms with Crippen LogP contribution in [0.5, 0.6) is 0 Å². The number of nitrogens with zero attached hydrogens (tertiary/aromatic N) is 6. The van der Waals surface area contributed by atoms with Crippen LogP contribution >= 0.6 is 0 Å². The molecule has 8 nitrogen and oxygen atoms in total. The van der Waals surface area contributed by atoms with Crippen molar-refractivity contribution in [2.75, 3.05) is 31.1 Å². The molecule has 8 heteroatoms. The number of pyridine rings is 1. The third-order valence-electron chi connectivity index (χ3n) is 4.93. The molecule has 31 heavy (non-hydrogen) atoms. The van der Waals surface area contributed by atoms with Crippen LogP contribution in [-0.4, -0.2) is 57.7 Å². The molecule has 1 aromatic carbocycles. The Morgan fingerprint density at radius 2 is 1.84 bits per heavy atom. The van der Waals surface area contributed by atoms with Gasteiger partial charge in [0.25, 0.3) is 0 Å². The molecule has 1 aliphatic rings. The number of hydrogen-bond acceptors (Lipinski definition) is 7. The number of fused-ring (bicyclic) bond motifs is 1. The summed E-state index contributed by atoms with van der Waals surface area (Å²) in [5.41, 5.74) is 2.14. The maximum Gasteiger partial charge on any atom is 0.410 e. The van der Waals surface area contributed by atoms with Crippen LogP contribution < -0.4 is 4.90 Å². The highest BCUT2D eigenvalue weighted by Crippen LogP contribution is 2.24. The van der Waals surface area contributed by atoms with Crippen molar-refractivity contribution in [1.29, 1.82) is 5.26 Å². The molecular weight excluding hydrogens is 392 g/mol. The van der Waals surface area contributed by atoms with Crippen LogP contribution in [0.15, 0.2) is 42.6 Å². The maximum absolute atomic E-state index is 12.3. The van der Waals surface area contributed by atoms with E-state index in [-0.39, 0.29) is 6.09 Å². The SMILES string of the molecule is CC(C)(C)OC(=O)N1CCN(c2nc(C#N)cc(-c3cnc4ccccc4c3)n2)CC1. The van der Waals surface area contributed by atoms with E-state index in [2.05, 4.69) is 16.0 Å². The van der Waals surface area contributed by atoms with Crippen molar-refractivity contribution in [3.8, 4) is 17.3 Å². The van der Waals surface area contributed by atoms with E-state index in [1.807, 2.05) is 56.0 Å². The summed E-state index contributed by atoms with van der Waals surface area (Å²) in [5, 5.41) is 10.5. The van der Waals surface area contributed by atoms with Crippen molar-refractivity contribution in [3.63, 3.8) is 0 Å². The summed E-state index contributed by atoms with van der Waals surface area (Å²) in [6.07, 6.45) is 1.44. The van der Waals surface area contributed by atoms with E-state index in [1.165, 1.54) is 0 Å². The van der Waals surface area contributed by atoms with E-state index in [4.69, 9.17) is 9.72 Å². The smallest absolute Gasteiger partial charge is 0.410 e. The highest BCUT2D eigenvalue weighted by molar-refractivity contribution is 5.83. The predicted molar refractivity (Wildman–Crippen MR) is 118 cm³/mol. The fourth-order valence-corrected chi connectivity index (χ4v) is 3.41. The van der Waals surface area contributed by atoms with Crippen molar-refractivity contribution in [3.05, 3.63) is 48.3 Å². The van der Waals surface area contributed by atoms with E-state index in [0.717, 1.165) is 16.5 Å². The van der Waals surface area contributed by atoms with Gasteiger partial charge >= 0.3 is 6.09 Å². The molecule has 0 spiro atoms. The van der Waals surface area contributed by atoms with Gasteiger partial charge in [-0.15, -0.1) is 0 Å². The van der Waals surface area contributed by atoms with E-state index in [1.54, 1.807) is 17.2 Å². The highest BCUT2D eigenvalue weighted by Gasteiger charge is 2.27. The van der Waals surface area contributed by atoms with E-state index in [0.29, 0.717) is 43.5 Å². The number of piperazine rings is 1. The Labute approximate surface area is 181 Å². The Morgan fingerprint density at radius 1 is 1.10 bits per heavy atom. The number of anilines is 1. The van der Waals surface area contributed by atoms with E-state index in [9.17, 15) is 10.1 Å². The molecule has 0 unspecified atom stereocenters. The minimum absolute atomic E-state index is 0.294. The lowest BCUT2D eigenvalue weighted by Gasteiger charge is -2.35. The number of hydrogen-bond donors (Lipinski definition) is 0. The lowest BCUT2D eigenvalue weighted by Crippen LogP contribution is -2.50. The topological polar surface area (TPSA) is 95.2 Å². The van der Waals surface area contributed by atoms with Gasteiger partial charge in [-0.05, 0) is 32.9 Å². The van der Waals surface area contributed by atoms with E-state index < -0.39 is 5.60 Å². The standard InChI is InChI=1S/C23H24N6O2/c1-23(2,3)31-22(30)29-10-8-28(9-11-29)21-26-18(14-24)13-20(27-21)17-12-16-6-4-5-7-19(16)25-15-17/h4-7,12-13,15H,8-11H2,1-3H3. The van der Waals surface area contributed by atoms with Gasteiger partial charge in [0.1, 0.15) is 17.4 Å². The third kappa shape index (κ3) is 4.72. The normalized spacial score (nSPS) is 14.4. The summed E-state index contributed by atoms with van der Waals surface area (Å²) in [5.74, 6) is 0.478. The predicted octanol–water partition coefficient (Wildman–Crippen LogP) is 3.62. The summed E-state index contributed by atoms with van der Waals surface area (Å²) in [6, 6.07) is 13.7. The summed E-state index contributed by atoms with van der Waals surface area (Å²) in [7, 11) is 0. The van der Waals surface area contributed by atoms with Gasteiger partial charge in [-0.1, -0.05) is 18.2 Å². The average Bonchev–Trinajstić information content (AvgIpc) is 2.77. The number of amides is 1. The molecule has 2 aromatic heterocycles. The molecule has 3 heterocycles. The van der Waals surface area contributed by atoms with Crippen molar-refractivity contribution < 1.29 is 9.53 Å². The molecule has 1 saturated heterocycles. The first-order chi connectivity index (χ1) is 14.8. The number of carbonyl (C=O) groups is 1. The largest absolute Gasteiger partial charge is 0.444 e. The molecule has 0 N–H and O–H groups in total. The van der Waals surface area contributed by atoms with Crippen LogP contribution in [0.3, 0.4) is 0 Å². The Bertz CT molecular complexity index is 1160. The Morgan fingerprint density at radius 3 is 2.55 bits per heavy atom. The van der Waals surface area contributed by atoms with Gasteiger partial charge in [-0.3, -0.25) is 4.98 Å². The number of para-hydroxylation sites is 1. The molecule has 1 fully saturated rings. The third-order valence-corrected chi connectivity index (χ3v) is 4.93. The molecule has 1 aliphatic heterocycles. The number of aromatic nitrogens is 3. The molecule has 0 atom stereocenters. The zero-order chi connectivity index (χ0) is 22.0. The summed E-state index contributed by atoms with van der Waals surface area (Å²) < 4.78 is 5.45. The van der Waals surface area contributed by atoms with Crippen LogP contribution in [0, 0.1) is 11.3 Å². The molecule has 0 saturated carbocycles. The number of carbonyl (C=O) groups excluding carboxylic acids is 1. The van der Waals surface area contributed by atoms with Gasteiger partial charge in [-0.2, -0.15) is 5.26 Å². The number of ether oxygens (including phenoxy) is 1. The first kappa shape index (κ1) is 20.5. The lowest BCUT2D eigenvalue weighted by atomic mass is 10.1. The Balaban J connectivity index is 1.56. The number of nitriles is 1. The van der Waals surface area contributed by atoms with Crippen LogP contribution in [0.1, 0.15) is 26.5 Å². The van der Waals surface area contributed by atoms with Crippen LogP contribution in [0.2, 0.25) is 0 Å². The summed E-state index contributed by atoms with van der Waals surface area (Å²) in [6.45, 7) is 7.68. The Kier molecular flexibility index (Phi) is 5.42. The Hall–Kier alpha value is -3.73. The number of rotatable bonds is 2. The number of benzene rings is 1. The minimum Gasteiger partial charge on any atom is -0.444 e. The van der Waals surface area contributed by atoms with Crippen molar-refractivity contribution in [2.24, 2.45) is 0 Å². The van der Waals surface area contributed by atoms with Gasteiger partial charge in [0.05, 0.1) is 11.2 Å². The minimum atomic E-state index is -0.527. The summed E-state index contributed by atoms with van der Waals surface area (Å²) >= 11 is 0. The lowest BCUT2D eigenvalue weighted by molar-refractivity contribution is 0.0240. The molecule has 4 rings (SSSR count). The van der Waals surface area contributed by atoms with Crippen molar-refractivity contribution >= 4 is 22.9 Å². The monoisotopic (exact) mass is 416 g/mol.